The minimum Gasteiger partial charge on any atom is -0.322 e. The average Bonchev–Trinajstić information content (AvgIpc) is 2.78. The van der Waals surface area contributed by atoms with Gasteiger partial charge < -0.3 is 5.32 Å². The smallest absolute Gasteiger partial charge is 0.255 e. The predicted molar refractivity (Wildman–Crippen MR) is 130 cm³/mol. The summed E-state index contributed by atoms with van der Waals surface area (Å²) in [5.74, 6) is -0.398. The Morgan fingerprint density at radius 3 is 2.06 bits per heavy atom. The van der Waals surface area contributed by atoms with E-state index in [4.69, 9.17) is 0 Å². The molecule has 3 rings (SSSR count). The lowest BCUT2D eigenvalue weighted by Gasteiger charge is -2.19. The Hall–Kier alpha value is -3.29. The number of carbonyl (C=O) groups excluding carboxylic acids is 2. The van der Waals surface area contributed by atoms with E-state index >= 15 is 0 Å². The zero-order chi connectivity index (χ0) is 24.2. The normalized spacial score (nSPS) is 11.8. The summed E-state index contributed by atoms with van der Waals surface area (Å²) in [5, 5.41) is 2.76. The van der Waals surface area contributed by atoms with Crippen molar-refractivity contribution in [2.45, 2.75) is 44.6 Å². The number of nitrogens with one attached hydrogen (secondary N) is 2. The number of rotatable bonds is 7. The van der Waals surface area contributed by atoms with Crippen LogP contribution in [0.2, 0.25) is 0 Å². The Balaban J connectivity index is 1.62. The van der Waals surface area contributed by atoms with Crippen LogP contribution in [0.4, 0.5) is 5.69 Å². The first kappa shape index (κ1) is 24.4. The van der Waals surface area contributed by atoms with E-state index in [0.29, 0.717) is 16.8 Å². The number of benzene rings is 3. The van der Waals surface area contributed by atoms with Crippen molar-refractivity contribution in [3.05, 3.63) is 95.1 Å². The van der Waals surface area contributed by atoms with E-state index in [1.165, 1.54) is 6.92 Å². The molecule has 6 nitrogen and oxygen atoms in total. The maximum atomic E-state index is 12.6. The van der Waals surface area contributed by atoms with Crippen molar-refractivity contribution >= 4 is 27.4 Å². The lowest BCUT2D eigenvalue weighted by molar-refractivity contribution is 0.101. The zero-order valence-corrected chi connectivity index (χ0v) is 20.0. The topological polar surface area (TPSA) is 92.3 Å². The molecule has 0 saturated carbocycles. The number of amides is 1. The van der Waals surface area contributed by atoms with Gasteiger partial charge in [0.2, 0.25) is 10.0 Å². The molecule has 0 aromatic heterocycles. The minimum absolute atomic E-state index is 0.0556. The molecule has 0 unspecified atom stereocenters. The molecule has 172 valence electrons. The molecule has 0 spiro atoms. The average molecular weight is 465 g/mol. The summed E-state index contributed by atoms with van der Waals surface area (Å²) >= 11 is 0. The van der Waals surface area contributed by atoms with Gasteiger partial charge in [0.05, 0.1) is 4.90 Å². The van der Waals surface area contributed by atoms with E-state index in [-0.39, 0.29) is 28.5 Å². The minimum atomic E-state index is -3.66. The van der Waals surface area contributed by atoms with Crippen molar-refractivity contribution in [2.75, 3.05) is 5.32 Å². The molecule has 3 aromatic carbocycles. The number of Topliss-reactive ketones (excluding diaryl/α,β-unsaturated/α-hetero) is 1. The summed E-state index contributed by atoms with van der Waals surface area (Å²) in [6.45, 7) is 7.78. The maximum Gasteiger partial charge on any atom is 0.255 e. The van der Waals surface area contributed by atoms with Crippen LogP contribution in [0.3, 0.4) is 0 Å². The Labute approximate surface area is 195 Å². The Kier molecular flexibility index (Phi) is 7.15. The molecule has 0 aliphatic heterocycles. The van der Waals surface area contributed by atoms with Crippen molar-refractivity contribution in [1.29, 1.82) is 0 Å². The van der Waals surface area contributed by atoms with Crippen LogP contribution >= 0.6 is 0 Å². The first-order chi connectivity index (χ1) is 15.5. The highest BCUT2D eigenvalue weighted by atomic mass is 32.2. The van der Waals surface area contributed by atoms with Crippen LogP contribution in [-0.2, 0) is 22.0 Å². The van der Waals surface area contributed by atoms with Gasteiger partial charge in [-0.3, -0.25) is 9.59 Å². The van der Waals surface area contributed by atoms with Crippen molar-refractivity contribution in [3.63, 3.8) is 0 Å². The molecule has 0 aliphatic carbocycles. The number of hydrogen-bond donors (Lipinski definition) is 2. The molecule has 3 aromatic rings. The standard InChI is InChI=1S/C26H28N2O4S/c1-18(29)21-6-5-7-23(16-21)28-25(30)20-10-8-19(9-11-20)17-27-33(31,32)24-14-12-22(13-15-24)26(2,3)4/h5-16,27H,17H2,1-4H3,(H,28,30). The SMILES string of the molecule is CC(=O)c1cccc(NC(=O)c2ccc(CNS(=O)(=O)c3ccc(C(C)(C)C)cc3)cc2)c1. The van der Waals surface area contributed by atoms with Gasteiger partial charge in [0, 0.05) is 23.4 Å². The van der Waals surface area contributed by atoms with E-state index in [9.17, 15) is 18.0 Å². The number of sulfonamides is 1. The van der Waals surface area contributed by atoms with Crippen LogP contribution in [0.25, 0.3) is 0 Å². The third-order valence-electron chi connectivity index (χ3n) is 5.24. The highest BCUT2D eigenvalue weighted by Gasteiger charge is 2.17. The largest absolute Gasteiger partial charge is 0.322 e. The first-order valence-electron chi connectivity index (χ1n) is 10.6. The predicted octanol–water partition coefficient (Wildman–Crippen LogP) is 4.92. The summed E-state index contributed by atoms with van der Waals surface area (Å²) < 4.78 is 27.8. The van der Waals surface area contributed by atoms with Crippen LogP contribution in [0.15, 0.2) is 77.7 Å². The molecule has 2 N–H and O–H groups in total. The molecule has 0 bridgehead atoms. The highest BCUT2D eigenvalue weighted by molar-refractivity contribution is 7.89. The van der Waals surface area contributed by atoms with Crippen LogP contribution in [0, 0.1) is 0 Å². The van der Waals surface area contributed by atoms with E-state index in [0.717, 1.165) is 11.1 Å². The van der Waals surface area contributed by atoms with Gasteiger partial charge in [0.25, 0.3) is 5.91 Å². The molecule has 0 fully saturated rings. The van der Waals surface area contributed by atoms with Crippen molar-refractivity contribution < 1.29 is 18.0 Å². The third kappa shape index (κ3) is 6.37. The van der Waals surface area contributed by atoms with E-state index in [1.54, 1.807) is 60.7 Å². The second-order valence-corrected chi connectivity index (χ2v) is 10.7. The van der Waals surface area contributed by atoms with Crippen LogP contribution in [0.1, 0.15) is 59.5 Å². The van der Waals surface area contributed by atoms with Gasteiger partial charge in [-0.05, 0) is 59.9 Å². The van der Waals surface area contributed by atoms with E-state index in [1.807, 2.05) is 12.1 Å². The van der Waals surface area contributed by atoms with E-state index in [2.05, 4.69) is 30.8 Å². The monoisotopic (exact) mass is 464 g/mol. The number of carbonyl (C=O) groups is 2. The van der Waals surface area contributed by atoms with Gasteiger partial charge >= 0.3 is 0 Å². The maximum absolute atomic E-state index is 12.6. The first-order valence-corrected chi connectivity index (χ1v) is 12.1. The zero-order valence-electron chi connectivity index (χ0n) is 19.2. The Bertz CT molecular complexity index is 1260. The molecule has 33 heavy (non-hydrogen) atoms. The quantitative estimate of drug-likeness (QED) is 0.486. The van der Waals surface area contributed by atoms with Crippen molar-refractivity contribution in [1.82, 2.24) is 4.72 Å². The molecule has 0 radical (unpaired) electrons. The molecule has 0 atom stereocenters. The molecule has 7 heteroatoms. The Morgan fingerprint density at radius 2 is 1.48 bits per heavy atom. The number of hydrogen-bond acceptors (Lipinski definition) is 4. The van der Waals surface area contributed by atoms with Gasteiger partial charge in [-0.1, -0.05) is 57.2 Å². The van der Waals surface area contributed by atoms with Crippen LogP contribution < -0.4 is 10.0 Å². The molecule has 0 aliphatic rings. The summed E-state index contributed by atoms with van der Waals surface area (Å²) in [5.41, 5.74) is 3.20. The van der Waals surface area contributed by atoms with Crippen LogP contribution in [-0.4, -0.2) is 20.1 Å². The summed E-state index contributed by atoms with van der Waals surface area (Å²) in [7, 11) is -3.66. The number of ketones is 1. The molecule has 1 amide bonds. The fraction of sp³-hybridized carbons (Fsp3) is 0.231. The fourth-order valence-electron chi connectivity index (χ4n) is 3.19. The summed E-state index contributed by atoms with van der Waals surface area (Å²) in [6, 6.07) is 20.3. The second kappa shape index (κ2) is 9.68. The lowest BCUT2D eigenvalue weighted by Crippen LogP contribution is -2.23. The Morgan fingerprint density at radius 1 is 0.848 bits per heavy atom. The van der Waals surface area contributed by atoms with Crippen molar-refractivity contribution in [2.24, 2.45) is 0 Å². The molecule has 0 saturated heterocycles. The third-order valence-corrected chi connectivity index (χ3v) is 6.66. The van der Waals surface area contributed by atoms with Crippen LogP contribution in [0.5, 0.6) is 0 Å². The van der Waals surface area contributed by atoms with Crippen molar-refractivity contribution in [3.8, 4) is 0 Å². The number of anilines is 1. The highest BCUT2D eigenvalue weighted by Crippen LogP contribution is 2.23. The van der Waals surface area contributed by atoms with Gasteiger partial charge in [0.1, 0.15) is 0 Å². The summed E-state index contributed by atoms with van der Waals surface area (Å²) in [4.78, 5) is 24.2. The van der Waals surface area contributed by atoms with Gasteiger partial charge in [-0.15, -0.1) is 0 Å². The summed E-state index contributed by atoms with van der Waals surface area (Å²) in [6.07, 6.45) is 0. The molecular formula is C26H28N2O4S. The van der Waals surface area contributed by atoms with E-state index < -0.39 is 10.0 Å². The second-order valence-electron chi connectivity index (χ2n) is 8.89. The van der Waals surface area contributed by atoms with Gasteiger partial charge in [-0.2, -0.15) is 0 Å². The van der Waals surface area contributed by atoms with Gasteiger partial charge in [0.15, 0.2) is 5.78 Å². The molecule has 0 heterocycles. The lowest BCUT2D eigenvalue weighted by atomic mass is 9.87. The molecular weight excluding hydrogens is 436 g/mol. The van der Waals surface area contributed by atoms with Gasteiger partial charge in [-0.25, -0.2) is 13.1 Å². The fourth-order valence-corrected chi connectivity index (χ4v) is 4.21.